The normalized spacial score (nSPS) is 17.3. The third-order valence-corrected chi connectivity index (χ3v) is 5.23. The molecule has 26 heavy (non-hydrogen) atoms. The van der Waals surface area contributed by atoms with Gasteiger partial charge in [-0.25, -0.2) is 9.59 Å². The Morgan fingerprint density at radius 2 is 1.77 bits per heavy atom. The lowest BCUT2D eigenvalue weighted by molar-refractivity contribution is -0.139. The number of esters is 1. The van der Waals surface area contributed by atoms with Gasteiger partial charge in [0, 0.05) is 28.0 Å². The van der Waals surface area contributed by atoms with Crippen LogP contribution in [0.4, 0.5) is 0 Å². The maximum atomic E-state index is 12.7. The quantitative estimate of drug-likeness (QED) is 0.429. The SMILES string of the molecule is CC1=C(C(=O)O)C(C(C)C)C(C(=O)OCCSc2ccccc2)=C(C)N1. The van der Waals surface area contributed by atoms with Gasteiger partial charge >= 0.3 is 11.9 Å². The number of allylic oxidation sites excluding steroid dienone is 2. The zero-order chi connectivity index (χ0) is 19.3. The lowest BCUT2D eigenvalue weighted by Gasteiger charge is -2.31. The highest BCUT2D eigenvalue weighted by Gasteiger charge is 2.37. The van der Waals surface area contributed by atoms with Crippen LogP contribution in [0, 0.1) is 11.8 Å². The fourth-order valence-corrected chi connectivity index (χ4v) is 3.91. The van der Waals surface area contributed by atoms with Gasteiger partial charge in [0.2, 0.25) is 0 Å². The van der Waals surface area contributed by atoms with Crippen molar-refractivity contribution in [3.63, 3.8) is 0 Å². The van der Waals surface area contributed by atoms with Crippen molar-refractivity contribution in [1.82, 2.24) is 5.32 Å². The third-order valence-electron chi connectivity index (χ3n) is 4.25. The molecule has 1 aromatic rings. The van der Waals surface area contributed by atoms with E-state index in [9.17, 15) is 14.7 Å². The van der Waals surface area contributed by atoms with Crippen molar-refractivity contribution in [3.05, 3.63) is 52.9 Å². The van der Waals surface area contributed by atoms with E-state index in [0.717, 1.165) is 4.90 Å². The molecule has 2 rings (SSSR count). The first kappa shape index (κ1) is 20.1. The average molecular weight is 375 g/mol. The van der Waals surface area contributed by atoms with Crippen LogP contribution in [0.1, 0.15) is 27.7 Å². The predicted octanol–water partition coefficient (Wildman–Crippen LogP) is 3.83. The zero-order valence-corrected chi connectivity index (χ0v) is 16.4. The molecule has 1 atom stereocenters. The summed E-state index contributed by atoms with van der Waals surface area (Å²) in [6.07, 6.45) is 0. The van der Waals surface area contributed by atoms with Crippen LogP contribution in [0.2, 0.25) is 0 Å². The molecule has 0 radical (unpaired) electrons. The topological polar surface area (TPSA) is 75.6 Å². The molecule has 140 valence electrons. The summed E-state index contributed by atoms with van der Waals surface area (Å²) in [7, 11) is 0. The summed E-state index contributed by atoms with van der Waals surface area (Å²) in [5.74, 6) is -1.33. The van der Waals surface area contributed by atoms with Gasteiger partial charge in [-0.1, -0.05) is 32.0 Å². The standard InChI is InChI=1S/C20H25NO4S/c1-12(2)16-17(19(22)23)13(3)21-14(4)18(16)20(24)25-10-11-26-15-8-6-5-7-9-15/h5-9,12,16,21H,10-11H2,1-4H3,(H,22,23). The van der Waals surface area contributed by atoms with Crippen LogP contribution < -0.4 is 5.32 Å². The van der Waals surface area contributed by atoms with Gasteiger partial charge in [-0.05, 0) is 31.9 Å². The number of rotatable bonds is 7. The summed E-state index contributed by atoms with van der Waals surface area (Å²) in [5.41, 5.74) is 1.88. The maximum absolute atomic E-state index is 12.7. The van der Waals surface area contributed by atoms with Gasteiger partial charge in [-0.2, -0.15) is 0 Å². The fraction of sp³-hybridized carbons (Fsp3) is 0.400. The van der Waals surface area contributed by atoms with Gasteiger partial charge in [-0.3, -0.25) is 0 Å². The Balaban J connectivity index is 2.06. The molecule has 0 spiro atoms. The fourth-order valence-electron chi connectivity index (χ4n) is 3.16. The summed E-state index contributed by atoms with van der Waals surface area (Å²) in [6, 6.07) is 9.89. The minimum atomic E-state index is -1.01. The van der Waals surface area contributed by atoms with E-state index < -0.39 is 17.9 Å². The molecule has 0 aliphatic carbocycles. The van der Waals surface area contributed by atoms with Crippen LogP contribution in [0.5, 0.6) is 0 Å². The highest BCUT2D eigenvalue weighted by Crippen LogP contribution is 2.35. The summed E-state index contributed by atoms with van der Waals surface area (Å²) in [4.78, 5) is 25.5. The van der Waals surface area contributed by atoms with E-state index in [1.807, 2.05) is 44.2 Å². The number of dihydropyridines is 1. The van der Waals surface area contributed by atoms with Crippen molar-refractivity contribution in [2.24, 2.45) is 11.8 Å². The minimum Gasteiger partial charge on any atom is -0.478 e. The number of carbonyl (C=O) groups is 2. The molecule has 0 fully saturated rings. The number of benzene rings is 1. The Bertz CT molecular complexity index is 737. The summed E-state index contributed by atoms with van der Waals surface area (Å²) in [6.45, 7) is 7.61. The second-order valence-corrected chi connectivity index (χ2v) is 7.69. The Morgan fingerprint density at radius 3 is 2.35 bits per heavy atom. The number of ether oxygens (including phenoxy) is 1. The van der Waals surface area contributed by atoms with E-state index in [1.54, 1.807) is 25.6 Å². The summed E-state index contributed by atoms with van der Waals surface area (Å²) < 4.78 is 5.44. The molecule has 0 bridgehead atoms. The van der Waals surface area contributed by atoms with Crippen molar-refractivity contribution >= 4 is 23.7 Å². The van der Waals surface area contributed by atoms with Crippen LogP contribution in [-0.2, 0) is 14.3 Å². The van der Waals surface area contributed by atoms with Crippen LogP contribution >= 0.6 is 11.8 Å². The van der Waals surface area contributed by atoms with Crippen LogP contribution in [0.25, 0.3) is 0 Å². The van der Waals surface area contributed by atoms with Gasteiger partial charge in [-0.15, -0.1) is 11.8 Å². The molecule has 6 heteroatoms. The number of hydrogen-bond donors (Lipinski definition) is 2. The van der Waals surface area contributed by atoms with Crippen molar-refractivity contribution < 1.29 is 19.4 Å². The van der Waals surface area contributed by atoms with E-state index in [1.165, 1.54) is 0 Å². The largest absolute Gasteiger partial charge is 0.478 e. The number of carboxylic acids is 1. The lowest BCUT2D eigenvalue weighted by atomic mass is 9.78. The van der Waals surface area contributed by atoms with E-state index in [2.05, 4.69) is 5.32 Å². The predicted molar refractivity (Wildman–Crippen MR) is 103 cm³/mol. The van der Waals surface area contributed by atoms with Crippen molar-refractivity contribution in [3.8, 4) is 0 Å². The van der Waals surface area contributed by atoms with E-state index in [4.69, 9.17) is 4.74 Å². The minimum absolute atomic E-state index is 0.0330. The highest BCUT2D eigenvalue weighted by molar-refractivity contribution is 7.99. The molecule has 0 aromatic heterocycles. The Morgan fingerprint density at radius 1 is 1.15 bits per heavy atom. The molecule has 0 saturated carbocycles. The maximum Gasteiger partial charge on any atom is 0.336 e. The lowest BCUT2D eigenvalue weighted by Crippen LogP contribution is -2.35. The zero-order valence-electron chi connectivity index (χ0n) is 15.5. The monoisotopic (exact) mass is 375 g/mol. The molecular weight excluding hydrogens is 350 g/mol. The summed E-state index contributed by atoms with van der Waals surface area (Å²) >= 11 is 1.61. The van der Waals surface area contributed by atoms with Crippen molar-refractivity contribution in [2.45, 2.75) is 32.6 Å². The molecule has 1 unspecified atom stereocenters. The van der Waals surface area contributed by atoms with Crippen LogP contribution in [-0.4, -0.2) is 29.4 Å². The van der Waals surface area contributed by atoms with Gasteiger partial charge in [0.15, 0.2) is 0 Å². The third kappa shape index (κ3) is 4.69. The second kappa shape index (κ2) is 8.94. The van der Waals surface area contributed by atoms with E-state index >= 15 is 0 Å². The molecule has 0 amide bonds. The number of carboxylic acid groups (broad SMARTS) is 1. The molecule has 1 aromatic carbocycles. The first-order valence-electron chi connectivity index (χ1n) is 8.59. The van der Waals surface area contributed by atoms with Crippen molar-refractivity contribution in [1.29, 1.82) is 0 Å². The Labute approximate surface area is 158 Å². The van der Waals surface area contributed by atoms with Crippen LogP contribution in [0.15, 0.2) is 57.8 Å². The van der Waals surface area contributed by atoms with Gasteiger partial charge in [0.05, 0.1) is 11.1 Å². The molecule has 2 N–H and O–H groups in total. The number of aliphatic carboxylic acids is 1. The van der Waals surface area contributed by atoms with Crippen LogP contribution in [0.3, 0.4) is 0 Å². The van der Waals surface area contributed by atoms with E-state index in [-0.39, 0.29) is 18.1 Å². The number of nitrogens with one attached hydrogen (secondary N) is 1. The van der Waals surface area contributed by atoms with Crippen molar-refractivity contribution in [2.75, 3.05) is 12.4 Å². The Hall–Kier alpha value is -2.21. The van der Waals surface area contributed by atoms with Gasteiger partial charge in [0.25, 0.3) is 0 Å². The second-order valence-electron chi connectivity index (χ2n) is 6.53. The Kier molecular flexibility index (Phi) is 6.91. The molecule has 1 aliphatic heterocycles. The molecular formula is C20H25NO4S. The average Bonchev–Trinajstić information content (AvgIpc) is 2.58. The molecule has 5 nitrogen and oxygen atoms in total. The smallest absolute Gasteiger partial charge is 0.336 e. The van der Waals surface area contributed by atoms with Gasteiger partial charge in [0.1, 0.15) is 6.61 Å². The number of hydrogen-bond acceptors (Lipinski definition) is 5. The van der Waals surface area contributed by atoms with E-state index in [0.29, 0.717) is 22.7 Å². The summed E-state index contributed by atoms with van der Waals surface area (Å²) in [5, 5.41) is 12.6. The molecule has 1 heterocycles. The first-order valence-corrected chi connectivity index (χ1v) is 9.58. The molecule has 0 saturated heterocycles. The number of thioether (sulfide) groups is 1. The first-order chi connectivity index (χ1) is 12.3. The number of carbonyl (C=O) groups excluding carboxylic acids is 1. The van der Waals surface area contributed by atoms with Gasteiger partial charge < -0.3 is 15.2 Å². The molecule has 1 aliphatic rings. The highest BCUT2D eigenvalue weighted by atomic mass is 32.2.